The number of benzene rings is 1. The van der Waals surface area contributed by atoms with Crippen LogP contribution in [0.4, 0.5) is 0 Å². The molecule has 0 radical (unpaired) electrons. The maximum absolute atomic E-state index is 5.31. The maximum atomic E-state index is 5.31. The zero-order valence-electron chi connectivity index (χ0n) is 11.5. The van der Waals surface area contributed by atoms with Gasteiger partial charge in [0, 0.05) is 12.0 Å². The number of nitrogens with one attached hydrogen (secondary N) is 1. The summed E-state index contributed by atoms with van der Waals surface area (Å²) in [5.41, 5.74) is 0.835. The van der Waals surface area contributed by atoms with Crippen molar-refractivity contribution in [3.8, 4) is 28.6 Å². The van der Waals surface area contributed by atoms with E-state index in [1.165, 1.54) is 0 Å². The van der Waals surface area contributed by atoms with Crippen molar-refractivity contribution in [1.29, 1.82) is 0 Å². The van der Waals surface area contributed by atoms with Crippen LogP contribution < -0.4 is 14.2 Å². The van der Waals surface area contributed by atoms with Gasteiger partial charge in [0.25, 0.3) is 0 Å². The fourth-order valence-corrected chi connectivity index (χ4v) is 1.80. The predicted octanol–water partition coefficient (Wildman–Crippen LogP) is 2.06. The standard InChI is InChI=1S/C13H17N3O3/c1-5-11-14-13(16-15-11)8-6-9(17-2)12(19-4)10(7-8)18-3/h6-7H,5H2,1-4H3,(H,14,15,16). The van der Waals surface area contributed by atoms with Crippen molar-refractivity contribution in [1.82, 2.24) is 15.2 Å². The van der Waals surface area contributed by atoms with Gasteiger partial charge in [-0.25, -0.2) is 0 Å². The number of hydrogen-bond donors (Lipinski definition) is 1. The molecule has 0 aliphatic rings. The lowest BCUT2D eigenvalue weighted by Crippen LogP contribution is -1.96. The van der Waals surface area contributed by atoms with Crippen LogP contribution in [-0.4, -0.2) is 36.5 Å². The van der Waals surface area contributed by atoms with Gasteiger partial charge in [-0.05, 0) is 12.1 Å². The van der Waals surface area contributed by atoms with Gasteiger partial charge in [0.2, 0.25) is 5.75 Å². The third-order valence-electron chi connectivity index (χ3n) is 2.81. The molecular formula is C13H17N3O3. The average molecular weight is 263 g/mol. The molecule has 1 heterocycles. The molecule has 0 aliphatic heterocycles. The van der Waals surface area contributed by atoms with Gasteiger partial charge in [0.15, 0.2) is 17.3 Å². The molecule has 0 unspecified atom stereocenters. The SMILES string of the molecule is CCc1nnc(-c2cc(OC)c(OC)c(OC)c2)[nH]1. The lowest BCUT2D eigenvalue weighted by molar-refractivity contribution is 0.324. The van der Waals surface area contributed by atoms with Crippen molar-refractivity contribution in [2.45, 2.75) is 13.3 Å². The monoisotopic (exact) mass is 263 g/mol. The lowest BCUT2D eigenvalue weighted by Gasteiger charge is -2.13. The lowest BCUT2D eigenvalue weighted by atomic mass is 10.1. The molecule has 1 aromatic heterocycles. The van der Waals surface area contributed by atoms with Crippen molar-refractivity contribution >= 4 is 0 Å². The van der Waals surface area contributed by atoms with Gasteiger partial charge < -0.3 is 19.2 Å². The van der Waals surface area contributed by atoms with E-state index in [-0.39, 0.29) is 0 Å². The molecule has 6 nitrogen and oxygen atoms in total. The number of methoxy groups -OCH3 is 3. The van der Waals surface area contributed by atoms with Crippen LogP contribution in [0.1, 0.15) is 12.7 Å². The maximum Gasteiger partial charge on any atom is 0.203 e. The highest BCUT2D eigenvalue weighted by molar-refractivity contribution is 5.66. The predicted molar refractivity (Wildman–Crippen MR) is 70.9 cm³/mol. The van der Waals surface area contributed by atoms with Gasteiger partial charge in [0.05, 0.1) is 21.3 Å². The molecule has 19 heavy (non-hydrogen) atoms. The second-order valence-electron chi connectivity index (χ2n) is 3.89. The summed E-state index contributed by atoms with van der Waals surface area (Å²) in [6.45, 7) is 2.01. The normalized spacial score (nSPS) is 10.3. The molecule has 1 aromatic carbocycles. The summed E-state index contributed by atoms with van der Waals surface area (Å²) >= 11 is 0. The van der Waals surface area contributed by atoms with Gasteiger partial charge in [0.1, 0.15) is 5.82 Å². The Hall–Kier alpha value is -2.24. The van der Waals surface area contributed by atoms with Crippen molar-refractivity contribution < 1.29 is 14.2 Å². The van der Waals surface area contributed by atoms with Crippen LogP contribution >= 0.6 is 0 Å². The van der Waals surface area contributed by atoms with Crippen LogP contribution in [-0.2, 0) is 6.42 Å². The summed E-state index contributed by atoms with van der Waals surface area (Å²) in [6, 6.07) is 3.67. The Bertz CT molecular complexity index is 541. The van der Waals surface area contributed by atoms with E-state index in [1.807, 2.05) is 19.1 Å². The van der Waals surface area contributed by atoms with Crippen molar-refractivity contribution in [2.75, 3.05) is 21.3 Å². The van der Waals surface area contributed by atoms with Gasteiger partial charge in [-0.2, -0.15) is 0 Å². The smallest absolute Gasteiger partial charge is 0.203 e. The number of nitrogens with zero attached hydrogens (tertiary/aromatic N) is 2. The Morgan fingerprint density at radius 3 is 2.05 bits per heavy atom. The second kappa shape index (κ2) is 5.60. The van der Waals surface area contributed by atoms with Crippen molar-refractivity contribution in [3.63, 3.8) is 0 Å². The van der Waals surface area contributed by atoms with Crippen LogP contribution in [0.15, 0.2) is 12.1 Å². The highest BCUT2D eigenvalue weighted by atomic mass is 16.5. The van der Waals surface area contributed by atoms with Crippen LogP contribution in [0.3, 0.4) is 0 Å². The Morgan fingerprint density at radius 2 is 1.63 bits per heavy atom. The van der Waals surface area contributed by atoms with Crippen LogP contribution in [0.5, 0.6) is 17.2 Å². The molecule has 0 fully saturated rings. The first-order chi connectivity index (χ1) is 9.23. The van der Waals surface area contributed by atoms with Gasteiger partial charge in [-0.1, -0.05) is 6.92 Å². The fraction of sp³-hybridized carbons (Fsp3) is 0.385. The summed E-state index contributed by atoms with van der Waals surface area (Å²) in [4.78, 5) is 3.15. The van der Waals surface area contributed by atoms with Crippen molar-refractivity contribution in [3.05, 3.63) is 18.0 Å². The fourth-order valence-electron chi connectivity index (χ4n) is 1.80. The molecule has 102 valence electrons. The average Bonchev–Trinajstić information content (AvgIpc) is 2.94. The van der Waals surface area contributed by atoms with Gasteiger partial charge in [-0.15, -0.1) is 10.2 Å². The molecule has 0 saturated carbocycles. The van der Waals surface area contributed by atoms with E-state index in [0.29, 0.717) is 23.1 Å². The molecule has 0 atom stereocenters. The Morgan fingerprint density at radius 1 is 1.00 bits per heavy atom. The zero-order valence-corrected chi connectivity index (χ0v) is 11.5. The first-order valence-corrected chi connectivity index (χ1v) is 5.95. The van der Waals surface area contributed by atoms with E-state index in [4.69, 9.17) is 14.2 Å². The Balaban J connectivity index is 2.51. The van der Waals surface area contributed by atoms with E-state index in [2.05, 4.69) is 15.2 Å². The first kappa shape index (κ1) is 13.2. The van der Waals surface area contributed by atoms with Crippen LogP contribution in [0.2, 0.25) is 0 Å². The number of rotatable bonds is 5. The van der Waals surface area contributed by atoms with Crippen LogP contribution in [0.25, 0.3) is 11.4 Å². The quantitative estimate of drug-likeness (QED) is 0.894. The highest BCUT2D eigenvalue weighted by Gasteiger charge is 2.15. The molecule has 0 spiro atoms. The molecule has 0 saturated heterocycles. The number of H-pyrrole nitrogens is 1. The van der Waals surface area contributed by atoms with Crippen LogP contribution in [0, 0.1) is 0 Å². The Labute approximate surface area is 111 Å². The van der Waals surface area contributed by atoms with E-state index in [9.17, 15) is 0 Å². The minimum atomic E-state index is 0.559. The minimum absolute atomic E-state index is 0.559. The molecule has 2 aromatic rings. The molecule has 2 rings (SSSR count). The van der Waals surface area contributed by atoms with Gasteiger partial charge >= 0.3 is 0 Å². The zero-order chi connectivity index (χ0) is 13.8. The van der Waals surface area contributed by atoms with E-state index in [0.717, 1.165) is 17.8 Å². The number of ether oxygens (including phenoxy) is 3. The Kier molecular flexibility index (Phi) is 3.89. The van der Waals surface area contributed by atoms with Gasteiger partial charge in [-0.3, -0.25) is 0 Å². The molecular weight excluding hydrogens is 246 g/mol. The molecule has 1 N–H and O–H groups in total. The summed E-state index contributed by atoms with van der Waals surface area (Å²) in [6.07, 6.45) is 0.803. The second-order valence-corrected chi connectivity index (χ2v) is 3.89. The molecule has 0 aliphatic carbocycles. The van der Waals surface area contributed by atoms with E-state index in [1.54, 1.807) is 21.3 Å². The largest absolute Gasteiger partial charge is 0.493 e. The number of aromatic nitrogens is 3. The summed E-state index contributed by atoms with van der Waals surface area (Å²) < 4.78 is 15.9. The first-order valence-electron chi connectivity index (χ1n) is 5.95. The third-order valence-corrected chi connectivity index (χ3v) is 2.81. The van der Waals surface area contributed by atoms with Crippen molar-refractivity contribution in [2.24, 2.45) is 0 Å². The molecule has 6 heteroatoms. The number of hydrogen-bond acceptors (Lipinski definition) is 5. The number of aromatic amines is 1. The van der Waals surface area contributed by atoms with E-state index < -0.39 is 0 Å². The summed E-state index contributed by atoms with van der Waals surface area (Å²) in [7, 11) is 4.74. The third kappa shape index (κ3) is 2.47. The number of aryl methyl sites for hydroxylation is 1. The molecule has 0 amide bonds. The summed E-state index contributed by atoms with van der Waals surface area (Å²) in [5, 5.41) is 8.15. The minimum Gasteiger partial charge on any atom is -0.493 e. The topological polar surface area (TPSA) is 69.3 Å². The summed E-state index contributed by atoms with van der Waals surface area (Å²) in [5.74, 6) is 3.25. The van der Waals surface area contributed by atoms with E-state index >= 15 is 0 Å². The highest BCUT2D eigenvalue weighted by Crippen LogP contribution is 2.40. The molecule has 0 bridgehead atoms.